The van der Waals surface area contributed by atoms with E-state index in [2.05, 4.69) is 37.3 Å². The summed E-state index contributed by atoms with van der Waals surface area (Å²) in [7, 11) is 1.72. The van der Waals surface area contributed by atoms with Crippen molar-refractivity contribution >= 4 is 17.5 Å². The van der Waals surface area contributed by atoms with Crippen LogP contribution in [0.15, 0.2) is 73.1 Å². The first-order valence-corrected chi connectivity index (χ1v) is 11.7. The number of likely N-dealkylation sites (N-methyl/N-ethyl adjacent to an activating group) is 1. The van der Waals surface area contributed by atoms with E-state index in [1.807, 2.05) is 60.7 Å². The van der Waals surface area contributed by atoms with Gasteiger partial charge in [0.05, 0.1) is 0 Å². The highest BCUT2D eigenvalue weighted by Gasteiger charge is 2.30. The monoisotopic (exact) mass is 476 g/mol. The molecule has 0 aliphatic carbocycles. The number of anilines is 1. The smallest absolute Gasteiger partial charge is 0.291 e. The number of fused-ring (bicyclic) bond motifs is 1. The first kappa shape index (κ1) is 23.0. The van der Waals surface area contributed by atoms with E-state index in [1.54, 1.807) is 24.3 Å². The Hall–Kier alpha value is -4.77. The number of nitrogens with zero attached hydrogens (tertiary/aromatic N) is 4. The Morgan fingerprint density at radius 1 is 1.11 bits per heavy atom. The van der Waals surface area contributed by atoms with E-state index in [4.69, 9.17) is 0 Å². The quantitative estimate of drug-likeness (QED) is 0.441. The van der Waals surface area contributed by atoms with Crippen LogP contribution < -0.4 is 10.2 Å². The molecule has 0 spiro atoms. The van der Waals surface area contributed by atoms with Crippen molar-refractivity contribution in [2.45, 2.75) is 25.3 Å². The van der Waals surface area contributed by atoms with E-state index in [-0.39, 0.29) is 11.7 Å². The van der Waals surface area contributed by atoms with Gasteiger partial charge in [-0.1, -0.05) is 48.2 Å². The van der Waals surface area contributed by atoms with Crippen LogP contribution in [-0.2, 0) is 17.6 Å². The van der Waals surface area contributed by atoms with E-state index in [0.717, 1.165) is 27.9 Å². The lowest BCUT2D eigenvalue weighted by atomic mass is 10.0. The minimum Gasteiger partial charge on any atom is -0.337 e. The Bertz CT molecular complexity index is 1450. The number of rotatable bonds is 4. The molecule has 0 unspecified atom stereocenters. The number of H-pyrrole nitrogens is 1. The molecule has 36 heavy (non-hydrogen) atoms. The summed E-state index contributed by atoms with van der Waals surface area (Å²) in [5.41, 5.74) is 4.49. The number of pyridine rings is 1. The van der Waals surface area contributed by atoms with E-state index in [0.29, 0.717) is 25.1 Å². The number of carbonyl (C=O) groups is 2. The van der Waals surface area contributed by atoms with Crippen LogP contribution in [0.25, 0.3) is 0 Å². The standard InChI is InChI=1S/C28H24N6O2/c1-34-24-16-20(9-10-21-8-5-15-29-18-21)11-12-22(24)13-14-23(28(34)36)30-27(35)26-31-25(32-33-26)17-19-6-3-2-4-7-19/h2-8,11-12,15-16,18,23H,13-14,17H2,1H3,(H,30,35)(H,31,32,33)/t23-/m1/s1. The predicted molar refractivity (Wildman–Crippen MR) is 135 cm³/mol. The maximum absolute atomic E-state index is 13.2. The van der Waals surface area contributed by atoms with E-state index < -0.39 is 11.9 Å². The molecule has 2 aromatic carbocycles. The molecule has 4 aromatic rings. The van der Waals surface area contributed by atoms with Crippen molar-refractivity contribution in [3.05, 3.63) is 107 Å². The highest BCUT2D eigenvalue weighted by molar-refractivity contribution is 6.02. The second-order valence-corrected chi connectivity index (χ2v) is 8.57. The minimum atomic E-state index is -0.684. The SMILES string of the molecule is CN1C(=O)[C@H](NC(=O)c2n[nH]c(Cc3ccccc3)n2)CCc2ccc(C#Cc3cccnc3)cc21. The zero-order chi connectivity index (χ0) is 24.9. The lowest BCUT2D eigenvalue weighted by molar-refractivity contribution is -0.120. The number of amides is 2. The minimum absolute atomic E-state index is 0.0195. The summed E-state index contributed by atoms with van der Waals surface area (Å²) in [5.74, 6) is 6.15. The molecule has 0 bridgehead atoms. The van der Waals surface area contributed by atoms with E-state index in [1.165, 1.54) is 0 Å². The number of aromatic nitrogens is 4. The number of hydrogen-bond acceptors (Lipinski definition) is 5. The molecule has 8 nitrogen and oxygen atoms in total. The van der Waals surface area contributed by atoms with Crippen molar-refractivity contribution < 1.29 is 9.59 Å². The van der Waals surface area contributed by atoms with E-state index >= 15 is 0 Å². The van der Waals surface area contributed by atoms with Gasteiger partial charge in [0.1, 0.15) is 11.9 Å². The summed E-state index contributed by atoms with van der Waals surface area (Å²) < 4.78 is 0. The van der Waals surface area contributed by atoms with E-state index in [9.17, 15) is 9.59 Å². The van der Waals surface area contributed by atoms with Gasteiger partial charge in [-0.05, 0) is 48.2 Å². The van der Waals surface area contributed by atoms with Crippen LogP contribution in [0, 0.1) is 11.8 Å². The molecule has 1 aliphatic rings. The molecular formula is C28H24N6O2. The predicted octanol–water partition coefficient (Wildman–Crippen LogP) is 2.90. The van der Waals surface area contributed by atoms with Gasteiger partial charge in [0.15, 0.2) is 0 Å². The molecule has 3 heterocycles. The number of aryl methyl sites for hydroxylation is 1. The number of hydrogen-bond donors (Lipinski definition) is 2. The topological polar surface area (TPSA) is 104 Å². The largest absolute Gasteiger partial charge is 0.337 e. The van der Waals surface area contributed by atoms with Crippen molar-refractivity contribution in [2.24, 2.45) is 0 Å². The molecule has 178 valence electrons. The van der Waals surface area contributed by atoms with Crippen LogP contribution in [0.4, 0.5) is 5.69 Å². The molecule has 0 fully saturated rings. The second kappa shape index (κ2) is 10.2. The molecule has 1 aliphatic heterocycles. The van der Waals surface area contributed by atoms with Crippen LogP contribution in [0.1, 0.15) is 45.1 Å². The third kappa shape index (κ3) is 5.15. The first-order chi connectivity index (χ1) is 17.6. The molecular weight excluding hydrogens is 452 g/mol. The van der Waals surface area contributed by atoms with Crippen molar-refractivity contribution in [1.82, 2.24) is 25.5 Å². The maximum atomic E-state index is 13.2. The van der Waals surface area contributed by atoms with Gasteiger partial charge in [0.2, 0.25) is 11.7 Å². The van der Waals surface area contributed by atoms with Gasteiger partial charge in [-0.25, -0.2) is 4.98 Å². The molecule has 8 heteroatoms. The highest BCUT2D eigenvalue weighted by Crippen LogP contribution is 2.27. The highest BCUT2D eigenvalue weighted by atomic mass is 16.2. The summed E-state index contributed by atoms with van der Waals surface area (Å²) >= 11 is 0. The van der Waals surface area contributed by atoms with Crippen molar-refractivity contribution in [3.8, 4) is 11.8 Å². The van der Waals surface area contributed by atoms with Gasteiger partial charge in [0.25, 0.3) is 5.91 Å². The van der Waals surface area contributed by atoms with Gasteiger partial charge in [-0.3, -0.25) is 19.7 Å². The maximum Gasteiger partial charge on any atom is 0.291 e. The second-order valence-electron chi connectivity index (χ2n) is 8.57. The Labute approximate surface area is 208 Å². The summed E-state index contributed by atoms with van der Waals surface area (Å²) in [6.45, 7) is 0. The molecule has 0 radical (unpaired) electrons. The van der Waals surface area contributed by atoms with Gasteiger partial charge in [0, 0.05) is 42.7 Å². The van der Waals surface area contributed by atoms with Crippen LogP contribution >= 0.6 is 0 Å². The van der Waals surface area contributed by atoms with Gasteiger partial charge in [-0.15, -0.1) is 5.10 Å². The Morgan fingerprint density at radius 3 is 2.75 bits per heavy atom. The third-order valence-corrected chi connectivity index (χ3v) is 6.04. The number of aromatic amines is 1. The zero-order valence-electron chi connectivity index (χ0n) is 19.7. The third-order valence-electron chi connectivity index (χ3n) is 6.04. The van der Waals surface area contributed by atoms with Crippen LogP contribution in [0.3, 0.4) is 0 Å². The van der Waals surface area contributed by atoms with Gasteiger partial charge in [-0.2, -0.15) is 0 Å². The molecule has 1 atom stereocenters. The molecule has 2 N–H and O–H groups in total. The fourth-order valence-corrected chi connectivity index (χ4v) is 4.14. The molecule has 0 saturated carbocycles. The molecule has 2 aromatic heterocycles. The summed E-state index contributed by atoms with van der Waals surface area (Å²) in [5, 5.41) is 9.68. The van der Waals surface area contributed by atoms with Gasteiger partial charge < -0.3 is 10.2 Å². The number of benzene rings is 2. The normalized spacial score (nSPS) is 14.9. The summed E-state index contributed by atoms with van der Waals surface area (Å²) in [6.07, 6.45) is 5.06. The summed E-state index contributed by atoms with van der Waals surface area (Å²) in [4.78, 5) is 36.0. The molecule has 2 amide bonds. The lowest BCUT2D eigenvalue weighted by Gasteiger charge is -2.22. The van der Waals surface area contributed by atoms with Gasteiger partial charge >= 0.3 is 0 Å². The van der Waals surface area contributed by atoms with Crippen molar-refractivity contribution in [2.75, 3.05) is 11.9 Å². The van der Waals surface area contributed by atoms with Crippen molar-refractivity contribution in [1.29, 1.82) is 0 Å². The Kier molecular flexibility index (Phi) is 6.54. The zero-order valence-corrected chi connectivity index (χ0v) is 19.7. The fourth-order valence-electron chi connectivity index (χ4n) is 4.14. The number of carbonyl (C=O) groups excluding carboxylic acids is 2. The average molecular weight is 477 g/mol. The Morgan fingerprint density at radius 2 is 1.94 bits per heavy atom. The fraction of sp³-hybridized carbons (Fsp3) is 0.179. The first-order valence-electron chi connectivity index (χ1n) is 11.7. The summed E-state index contributed by atoms with van der Waals surface area (Å²) in [6, 6.07) is 18.7. The van der Waals surface area contributed by atoms with Crippen LogP contribution in [0.5, 0.6) is 0 Å². The van der Waals surface area contributed by atoms with Crippen LogP contribution in [0.2, 0.25) is 0 Å². The van der Waals surface area contributed by atoms with Crippen LogP contribution in [-0.4, -0.2) is 45.1 Å². The van der Waals surface area contributed by atoms with Crippen molar-refractivity contribution in [3.63, 3.8) is 0 Å². The molecule has 5 rings (SSSR count). The Balaban J connectivity index is 1.28. The average Bonchev–Trinajstić information content (AvgIpc) is 3.35. The number of nitrogens with one attached hydrogen (secondary N) is 2. The lowest BCUT2D eigenvalue weighted by Crippen LogP contribution is -2.47. The molecule has 0 saturated heterocycles.